The molecule has 0 radical (unpaired) electrons. The van der Waals surface area contributed by atoms with Crippen molar-refractivity contribution in [2.24, 2.45) is 4.99 Å². The fraction of sp³-hybridized carbons (Fsp3) is 0.241. The van der Waals surface area contributed by atoms with Gasteiger partial charge < -0.3 is 14.5 Å². The standard InChI is InChI=1S/C29H27N3O5S/c1-36-24-15-13-20(32(34)35)17-23(24)25-16-14-21(37-25)18-30-29-27(28(33)31-19-9-5-4-6-10-19)22-11-7-2-3-8-12-26(22)38-29/h4-6,9-10,13-18H,2-3,7-8,11-12H2,1H3,(H,31,33). The van der Waals surface area contributed by atoms with Crippen LogP contribution < -0.4 is 10.1 Å². The maximum absolute atomic E-state index is 13.5. The first kappa shape index (κ1) is 25.4. The summed E-state index contributed by atoms with van der Waals surface area (Å²) in [5, 5.41) is 14.9. The molecule has 2 heterocycles. The number of ether oxygens (including phenoxy) is 1. The highest BCUT2D eigenvalue weighted by molar-refractivity contribution is 7.16. The number of anilines is 1. The van der Waals surface area contributed by atoms with Gasteiger partial charge in [0.15, 0.2) is 0 Å². The lowest BCUT2D eigenvalue weighted by Crippen LogP contribution is -2.14. The molecule has 0 fully saturated rings. The molecule has 5 rings (SSSR count). The van der Waals surface area contributed by atoms with Crippen molar-refractivity contribution in [2.75, 3.05) is 12.4 Å². The largest absolute Gasteiger partial charge is 0.496 e. The van der Waals surface area contributed by atoms with Gasteiger partial charge in [-0.1, -0.05) is 31.0 Å². The molecule has 1 amide bonds. The number of thiophene rings is 1. The van der Waals surface area contributed by atoms with Gasteiger partial charge in [-0.15, -0.1) is 11.3 Å². The molecule has 0 saturated carbocycles. The zero-order chi connectivity index (χ0) is 26.5. The number of carbonyl (C=O) groups is 1. The number of rotatable bonds is 7. The highest BCUT2D eigenvalue weighted by atomic mass is 32.1. The number of amides is 1. The van der Waals surface area contributed by atoms with E-state index in [1.807, 2.05) is 30.3 Å². The van der Waals surface area contributed by atoms with Crippen LogP contribution in [0, 0.1) is 10.1 Å². The van der Waals surface area contributed by atoms with Crippen molar-refractivity contribution in [1.82, 2.24) is 0 Å². The van der Waals surface area contributed by atoms with Gasteiger partial charge in [-0.2, -0.15) is 0 Å². The van der Waals surface area contributed by atoms with Gasteiger partial charge >= 0.3 is 0 Å². The molecule has 4 aromatic rings. The van der Waals surface area contributed by atoms with Crippen molar-refractivity contribution in [3.05, 3.63) is 92.5 Å². The molecule has 194 valence electrons. The zero-order valence-electron chi connectivity index (χ0n) is 20.9. The average Bonchev–Trinajstić information content (AvgIpc) is 3.52. The summed E-state index contributed by atoms with van der Waals surface area (Å²) in [4.78, 5) is 30.2. The maximum Gasteiger partial charge on any atom is 0.270 e. The van der Waals surface area contributed by atoms with E-state index >= 15 is 0 Å². The number of para-hydroxylation sites is 1. The summed E-state index contributed by atoms with van der Waals surface area (Å²) in [7, 11) is 1.50. The first-order chi connectivity index (χ1) is 18.5. The normalized spacial score (nSPS) is 13.5. The number of hydrogen-bond acceptors (Lipinski definition) is 7. The third-order valence-corrected chi connectivity index (χ3v) is 7.71. The molecule has 0 unspecified atom stereocenters. The number of benzene rings is 2. The third-order valence-electron chi connectivity index (χ3n) is 6.51. The van der Waals surface area contributed by atoms with Crippen LogP contribution >= 0.6 is 11.3 Å². The number of nitrogens with zero attached hydrogens (tertiary/aromatic N) is 2. The number of non-ortho nitro benzene ring substituents is 1. The Balaban J connectivity index is 1.47. The van der Waals surface area contributed by atoms with E-state index in [0.717, 1.165) is 43.4 Å². The minimum absolute atomic E-state index is 0.0579. The number of nitro groups is 1. The Morgan fingerprint density at radius 1 is 1.08 bits per heavy atom. The molecule has 0 aliphatic heterocycles. The summed E-state index contributed by atoms with van der Waals surface area (Å²) in [6, 6.07) is 17.2. The number of nitrogens with one attached hydrogen (secondary N) is 1. The van der Waals surface area contributed by atoms with Crippen LogP contribution in [0.2, 0.25) is 0 Å². The van der Waals surface area contributed by atoms with Crippen LogP contribution in [0.3, 0.4) is 0 Å². The Kier molecular flexibility index (Phi) is 7.65. The Morgan fingerprint density at radius 3 is 2.63 bits per heavy atom. The molecule has 2 aromatic heterocycles. The van der Waals surface area contributed by atoms with E-state index < -0.39 is 4.92 Å². The molecule has 38 heavy (non-hydrogen) atoms. The van der Waals surface area contributed by atoms with Gasteiger partial charge in [0.2, 0.25) is 0 Å². The Hall–Kier alpha value is -4.24. The molecule has 2 aromatic carbocycles. The van der Waals surface area contributed by atoms with E-state index in [-0.39, 0.29) is 11.6 Å². The van der Waals surface area contributed by atoms with Crippen molar-refractivity contribution < 1.29 is 18.9 Å². The van der Waals surface area contributed by atoms with Crippen molar-refractivity contribution in [2.45, 2.75) is 38.5 Å². The maximum atomic E-state index is 13.5. The number of aryl methyl sites for hydroxylation is 1. The highest BCUT2D eigenvalue weighted by Gasteiger charge is 2.24. The molecule has 0 spiro atoms. The SMILES string of the molecule is COc1ccc([N+](=O)[O-])cc1-c1ccc(C=Nc2sc3c(c2C(=O)Nc2ccccc2)CCCCCC3)o1. The number of methoxy groups -OCH3 is 1. The third kappa shape index (κ3) is 5.52. The first-order valence-electron chi connectivity index (χ1n) is 12.5. The van der Waals surface area contributed by atoms with Crippen molar-refractivity contribution in [3.8, 4) is 17.1 Å². The highest BCUT2D eigenvalue weighted by Crippen LogP contribution is 2.40. The number of carbonyl (C=O) groups excluding carboxylic acids is 1. The average molecular weight is 530 g/mol. The summed E-state index contributed by atoms with van der Waals surface area (Å²) >= 11 is 1.56. The molecule has 1 aliphatic rings. The molecule has 0 saturated heterocycles. The Labute approximate surface area is 224 Å². The van der Waals surface area contributed by atoms with Gasteiger partial charge in [-0.05, 0) is 61.6 Å². The number of hydrogen-bond donors (Lipinski definition) is 1. The van der Waals surface area contributed by atoms with Crippen LogP contribution in [0.15, 0.2) is 70.1 Å². The summed E-state index contributed by atoms with van der Waals surface area (Å²) in [5.74, 6) is 1.19. The second-order valence-corrected chi connectivity index (χ2v) is 10.1. The molecule has 1 N–H and O–H groups in total. The van der Waals surface area contributed by atoms with Crippen LogP contribution in [-0.4, -0.2) is 24.2 Å². The smallest absolute Gasteiger partial charge is 0.270 e. The van der Waals surface area contributed by atoms with Gasteiger partial charge in [0.1, 0.15) is 22.3 Å². The number of fused-ring (bicyclic) bond motifs is 1. The topological polar surface area (TPSA) is 107 Å². The van der Waals surface area contributed by atoms with E-state index in [4.69, 9.17) is 14.1 Å². The predicted molar refractivity (Wildman–Crippen MR) is 149 cm³/mol. The molecule has 0 bridgehead atoms. The van der Waals surface area contributed by atoms with Crippen LogP contribution in [0.1, 0.15) is 52.2 Å². The Morgan fingerprint density at radius 2 is 1.87 bits per heavy atom. The number of furan rings is 1. The quantitative estimate of drug-likeness (QED) is 0.151. The monoisotopic (exact) mass is 529 g/mol. The molecule has 0 atom stereocenters. The van der Waals surface area contributed by atoms with Gasteiger partial charge in [0.05, 0.1) is 29.4 Å². The van der Waals surface area contributed by atoms with E-state index in [1.54, 1.807) is 35.8 Å². The number of nitro benzene ring substituents is 1. The van der Waals surface area contributed by atoms with Gasteiger partial charge in [0, 0.05) is 22.7 Å². The van der Waals surface area contributed by atoms with E-state index in [0.29, 0.717) is 33.4 Å². The van der Waals surface area contributed by atoms with E-state index in [2.05, 4.69) is 5.32 Å². The number of aliphatic imine (C=N–C) groups is 1. The van der Waals surface area contributed by atoms with E-state index in [1.165, 1.54) is 30.5 Å². The molecular weight excluding hydrogens is 502 g/mol. The summed E-state index contributed by atoms with van der Waals surface area (Å²) in [6.07, 6.45) is 7.89. The molecular formula is C29H27N3O5S. The lowest BCUT2D eigenvalue weighted by Gasteiger charge is -2.11. The lowest BCUT2D eigenvalue weighted by molar-refractivity contribution is -0.384. The second kappa shape index (κ2) is 11.4. The van der Waals surface area contributed by atoms with Crippen molar-refractivity contribution in [1.29, 1.82) is 0 Å². The van der Waals surface area contributed by atoms with Crippen LogP contribution in [0.4, 0.5) is 16.4 Å². The fourth-order valence-corrected chi connectivity index (χ4v) is 5.87. The lowest BCUT2D eigenvalue weighted by atomic mass is 9.96. The van der Waals surface area contributed by atoms with Crippen molar-refractivity contribution in [3.63, 3.8) is 0 Å². The molecule has 1 aliphatic carbocycles. The molecule has 8 nitrogen and oxygen atoms in total. The van der Waals surface area contributed by atoms with Gasteiger partial charge in [0.25, 0.3) is 11.6 Å². The van der Waals surface area contributed by atoms with E-state index in [9.17, 15) is 14.9 Å². The molecule has 9 heteroatoms. The fourth-order valence-electron chi connectivity index (χ4n) is 4.64. The van der Waals surface area contributed by atoms with Gasteiger partial charge in [-0.3, -0.25) is 14.9 Å². The summed E-state index contributed by atoms with van der Waals surface area (Å²) in [5.41, 5.74) is 2.87. The van der Waals surface area contributed by atoms with Crippen LogP contribution in [0.5, 0.6) is 5.75 Å². The predicted octanol–water partition coefficient (Wildman–Crippen LogP) is 7.59. The zero-order valence-corrected chi connectivity index (χ0v) is 21.8. The van der Waals surface area contributed by atoms with Crippen molar-refractivity contribution >= 4 is 39.8 Å². The van der Waals surface area contributed by atoms with Crippen LogP contribution in [-0.2, 0) is 12.8 Å². The minimum Gasteiger partial charge on any atom is -0.496 e. The first-order valence-corrected chi connectivity index (χ1v) is 13.3. The second-order valence-electron chi connectivity index (χ2n) is 9.02. The summed E-state index contributed by atoms with van der Waals surface area (Å²) in [6.45, 7) is 0. The minimum atomic E-state index is -0.459. The van der Waals surface area contributed by atoms with Gasteiger partial charge in [-0.25, -0.2) is 4.99 Å². The van der Waals surface area contributed by atoms with Crippen LogP contribution in [0.25, 0.3) is 11.3 Å². The summed E-state index contributed by atoms with van der Waals surface area (Å²) < 4.78 is 11.3. The Bertz CT molecular complexity index is 1490.